The molecule has 2 amide bonds. The summed E-state index contributed by atoms with van der Waals surface area (Å²) in [6, 6.07) is 2.75. The summed E-state index contributed by atoms with van der Waals surface area (Å²) >= 11 is 5.92. The van der Waals surface area contributed by atoms with E-state index in [0.717, 1.165) is 0 Å². The molecule has 0 bridgehead atoms. The van der Waals surface area contributed by atoms with Crippen LogP contribution in [0.1, 0.15) is 19.3 Å². The normalized spacial score (nSPS) is 23.5. The van der Waals surface area contributed by atoms with Gasteiger partial charge in [-0.3, -0.25) is 9.59 Å². The number of primary amides is 1. The second-order valence-electron chi connectivity index (χ2n) is 8.24. The average molecular weight is 480 g/mol. The fraction of sp³-hybridized carbons (Fsp3) is 0.429. The van der Waals surface area contributed by atoms with Crippen molar-refractivity contribution in [2.24, 2.45) is 11.7 Å². The molecule has 3 heterocycles. The Kier molecular flexibility index (Phi) is 6.50. The molecule has 12 heteroatoms. The zero-order valence-corrected chi connectivity index (χ0v) is 18.4. The van der Waals surface area contributed by atoms with E-state index in [9.17, 15) is 18.4 Å². The molecule has 5 N–H and O–H groups in total. The van der Waals surface area contributed by atoms with Crippen molar-refractivity contribution in [1.82, 2.24) is 14.9 Å². The van der Waals surface area contributed by atoms with Crippen LogP contribution < -0.4 is 21.7 Å². The first-order valence-electron chi connectivity index (χ1n) is 10.6. The standard InChI is InChI=1S/C21H24ClF2N7O2/c22-11-6-12(23)8-13(7-11)29-15-2-1-4-31(21(15)33)16-9-30(5-3-14(16)19(26)32)20-17(24)18(25)27-10-28-20/h6-8,10,14-16,29H,1-5,9H2,(H2,26,32)(H2,25,27,28)/t14-,15+,16-/m1/s1. The summed E-state index contributed by atoms with van der Waals surface area (Å²) in [5.41, 5.74) is 11.6. The Hall–Kier alpha value is -3.21. The summed E-state index contributed by atoms with van der Waals surface area (Å²) in [4.78, 5) is 36.5. The van der Waals surface area contributed by atoms with Gasteiger partial charge in [0.05, 0.1) is 12.0 Å². The van der Waals surface area contributed by atoms with Gasteiger partial charge in [0.25, 0.3) is 0 Å². The van der Waals surface area contributed by atoms with Gasteiger partial charge in [0.1, 0.15) is 18.2 Å². The van der Waals surface area contributed by atoms with Gasteiger partial charge in [-0.15, -0.1) is 0 Å². The summed E-state index contributed by atoms with van der Waals surface area (Å²) in [5, 5.41) is 3.25. The molecule has 2 fully saturated rings. The smallest absolute Gasteiger partial charge is 0.245 e. The molecule has 2 aromatic rings. The van der Waals surface area contributed by atoms with Gasteiger partial charge in [0, 0.05) is 30.3 Å². The predicted octanol–water partition coefficient (Wildman–Crippen LogP) is 1.77. The van der Waals surface area contributed by atoms with Crippen LogP contribution in [0.4, 0.5) is 26.1 Å². The molecule has 1 aromatic carbocycles. The number of hydrogen-bond donors (Lipinski definition) is 3. The number of hydrogen-bond acceptors (Lipinski definition) is 7. The van der Waals surface area contributed by atoms with E-state index in [1.807, 2.05) is 0 Å². The van der Waals surface area contributed by atoms with Crippen LogP contribution in [0.5, 0.6) is 0 Å². The molecule has 0 unspecified atom stereocenters. The van der Waals surface area contributed by atoms with Gasteiger partial charge < -0.3 is 26.6 Å². The van der Waals surface area contributed by atoms with Crippen molar-refractivity contribution >= 4 is 40.7 Å². The van der Waals surface area contributed by atoms with Gasteiger partial charge in [-0.1, -0.05) is 11.6 Å². The third-order valence-electron chi connectivity index (χ3n) is 6.12. The number of nitrogens with one attached hydrogen (secondary N) is 1. The van der Waals surface area contributed by atoms with E-state index in [-0.39, 0.29) is 29.1 Å². The third-order valence-corrected chi connectivity index (χ3v) is 6.34. The van der Waals surface area contributed by atoms with E-state index in [0.29, 0.717) is 38.0 Å². The molecular weight excluding hydrogens is 456 g/mol. The number of likely N-dealkylation sites (tertiary alicyclic amines) is 1. The molecule has 1 aromatic heterocycles. The molecule has 0 spiro atoms. The second kappa shape index (κ2) is 9.34. The first kappa shape index (κ1) is 23.0. The quantitative estimate of drug-likeness (QED) is 0.595. The summed E-state index contributed by atoms with van der Waals surface area (Å²) in [6.07, 6.45) is 2.67. The van der Waals surface area contributed by atoms with Crippen molar-refractivity contribution in [3.8, 4) is 0 Å². The molecular formula is C21H24ClF2N7O2. The molecule has 3 atom stereocenters. The van der Waals surface area contributed by atoms with Gasteiger partial charge in [-0.2, -0.15) is 4.39 Å². The summed E-state index contributed by atoms with van der Waals surface area (Å²) in [7, 11) is 0. The highest BCUT2D eigenvalue weighted by Crippen LogP contribution is 2.31. The number of anilines is 3. The minimum Gasteiger partial charge on any atom is -0.381 e. The Morgan fingerprint density at radius 1 is 1.18 bits per heavy atom. The number of nitrogens with two attached hydrogens (primary N) is 2. The fourth-order valence-electron chi connectivity index (χ4n) is 4.57. The van der Waals surface area contributed by atoms with E-state index >= 15 is 0 Å². The average Bonchev–Trinajstić information content (AvgIpc) is 2.76. The Morgan fingerprint density at radius 3 is 2.70 bits per heavy atom. The van der Waals surface area contributed by atoms with Gasteiger partial charge in [0.15, 0.2) is 11.6 Å². The molecule has 4 rings (SSSR count). The molecule has 0 radical (unpaired) electrons. The van der Waals surface area contributed by atoms with Gasteiger partial charge in [0.2, 0.25) is 17.6 Å². The Morgan fingerprint density at radius 2 is 1.97 bits per heavy atom. The molecule has 33 heavy (non-hydrogen) atoms. The Labute approximate surface area is 194 Å². The first-order valence-corrected chi connectivity index (χ1v) is 11.0. The number of amides is 2. The topological polar surface area (TPSA) is 130 Å². The number of carbonyl (C=O) groups excluding carboxylic acids is 2. The highest BCUT2D eigenvalue weighted by molar-refractivity contribution is 6.30. The van der Waals surface area contributed by atoms with Crippen LogP contribution in [0.3, 0.4) is 0 Å². The summed E-state index contributed by atoms with van der Waals surface area (Å²) < 4.78 is 28.3. The van der Waals surface area contributed by atoms with Crippen LogP contribution in [0, 0.1) is 17.6 Å². The number of halogens is 3. The predicted molar refractivity (Wildman–Crippen MR) is 119 cm³/mol. The highest BCUT2D eigenvalue weighted by Gasteiger charge is 2.42. The molecule has 2 aliphatic rings. The molecule has 9 nitrogen and oxygen atoms in total. The van der Waals surface area contributed by atoms with Crippen molar-refractivity contribution in [1.29, 1.82) is 0 Å². The fourth-order valence-corrected chi connectivity index (χ4v) is 4.79. The minimum atomic E-state index is -0.749. The second-order valence-corrected chi connectivity index (χ2v) is 8.67. The number of piperidine rings is 2. The van der Waals surface area contributed by atoms with Crippen molar-refractivity contribution in [3.05, 3.63) is 41.2 Å². The zero-order valence-electron chi connectivity index (χ0n) is 17.7. The number of nitrogens with zero attached hydrogens (tertiary/aromatic N) is 4. The van der Waals surface area contributed by atoms with Gasteiger partial charge >= 0.3 is 0 Å². The minimum absolute atomic E-state index is 0.0176. The van der Waals surface area contributed by atoms with E-state index in [1.165, 1.54) is 24.5 Å². The molecule has 176 valence electrons. The van der Waals surface area contributed by atoms with Crippen molar-refractivity contribution in [2.75, 3.05) is 35.6 Å². The summed E-state index contributed by atoms with van der Waals surface area (Å²) in [6.45, 7) is 0.895. The highest BCUT2D eigenvalue weighted by atomic mass is 35.5. The number of carbonyl (C=O) groups is 2. The Balaban J connectivity index is 1.57. The lowest BCUT2D eigenvalue weighted by Gasteiger charge is -2.46. The lowest BCUT2D eigenvalue weighted by molar-refractivity contribution is -0.140. The van der Waals surface area contributed by atoms with Crippen LogP contribution >= 0.6 is 11.6 Å². The molecule has 2 saturated heterocycles. The SMILES string of the molecule is NC(=O)[C@@H]1CCN(c2ncnc(N)c2F)C[C@H]1N1CCC[C@H](Nc2cc(F)cc(Cl)c2)C1=O. The lowest BCUT2D eigenvalue weighted by atomic mass is 9.87. The van der Waals surface area contributed by atoms with Crippen molar-refractivity contribution in [2.45, 2.75) is 31.3 Å². The van der Waals surface area contributed by atoms with Crippen molar-refractivity contribution < 1.29 is 18.4 Å². The summed E-state index contributed by atoms with van der Waals surface area (Å²) in [5.74, 6) is -2.90. The number of nitrogen functional groups attached to an aromatic ring is 1. The maximum absolute atomic E-state index is 14.5. The number of benzene rings is 1. The van der Waals surface area contributed by atoms with E-state index in [4.69, 9.17) is 23.1 Å². The molecule has 0 saturated carbocycles. The van der Waals surface area contributed by atoms with Crippen LogP contribution in [0.2, 0.25) is 5.02 Å². The first-order chi connectivity index (χ1) is 15.7. The van der Waals surface area contributed by atoms with Gasteiger partial charge in [-0.05, 0) is 37.5 Å². The number of rotatable bonds is 5. The lowest BCUT2D eigenvalue weighted by Crippen LogP contribution is -2.61. The van der Waals surface area contributed by atoms with Crippen LogP contribution in [0.15, 0.2) is 24.5 Å². The van der Waals surface area contributed by atoms with Crippen LogP contribution in [-0.4, -0.2) is 58.4 Å². The van der Waals surface area contributed by atoms with Crippen LogP contribution in [-0.2, 0) is 9.59 Å². The van der Waals surface area contributed by atoms with Crippen LogP contribution in [0.25, 0.3) is 0 Å². The number of aromatic nitrogens is 2. The van der Waals surface area contributed by atoms with E-state index < -0.39 is 35.5 Å². The maximum Gasteiger partial charge on any atom is 0.245 e. The maximum atomic E-state index is 14.5. The Bertz CT molecular complexity index is 1050. The zero-order chi connectivity index (χ0) is 23.7. The molecule has 0 aliphatic carbocycles. The monoisotopic (exact) mass is 479 g/mol. The van der Waals surface area contributed by atoms with Crippen molar-refractivity contribution in [3.63, 3.8) is 0 Å². The largest absolute Gasteiger partial charge is 0.381 e. The third kappa shape index (κ3) is 4.77. The van der Waals surface area contributed by atoms with E-state index in [2.05, 4.69) is 15.3 Å². The molecule has 2 aliphatic heterocycles. The van der Waals surface area contributed by atoms with E-state index in [1.54, 1.807) is 9.80 Å². The van der Waals surface area contributed by atoms with Gasteiger partial charge in [-0.25, -0.2) is 14.4 Å².